The van der Waals surface area contributed by atoms with Crippen LogP contribution in [0, 0.1) is 17.0 Å². The molecule has 3 atom stereocenters. The van der Waals surface area contributed by atoms with E-state index in [2.05, 4.69) is 30.4 Å². The maximum absolute atomic E-state index is 17.4. The first kappa shape index (κ1) is 46.1. The Labute approximate surface area is 413 Å². The normalized spacial score (nSPS) is 23.0. The first-order valence-corrected chi connectivity index (χ1v) is 25.2. The Hall–Kier alpha value is -7.02. The fourth-order valence-electron chi connectivity index (χ4n) is 12.4. The van der Waals surface area contributed by atoms with Crippen LogP contribution >= 0.6 is 0 Å². The number of fused-ring (bicyclic) bond motifs is 4. The van der Waals surface area contributed by atoms with Crippen LogP contribution in [0.25, 0.3) is 32.9 Å². The van der Waals surface area contributed by atoms with Gasteiger partial charge in [0.25, 0.3) is 5.91 Å². The van der Waals surface area contributed by atoms with Gasteiger partial charge >= 0.3 is 6.01 Å². The van der Waals surface area contributed by atoms with Crippen LogP contribution in [-0.2, 0) is 29.1 Å². The summed E-state index contributed by atoms with van der Waals surface area (Å²) in [6, 6.07) is 15.1. The molecule has 1 unspecified atom stereocenters. The van der Waals surface area contributed by atoms with Gasteiger partial charge in [0.05, 0.1) is 23.2 Å². The van der Waals surface area contributed by atoms with Crippen molar-refractivity contribution in [2.75, 3.05) is 67.5 Å². The van der Waals surface area contributed by atoms with Gasteiger partial charge in [-0.05, 0) is 116 Å². The zero-order chi connectivity index (χ0) is 49.5. The number of rotatable bonds is 10. The number of carbonyl (C=O) groups is 3. The summed E-state index contributed by atoms with van der Waals surface area (Å²) in [5, 5.41) is 22.6. The van der Waals surface area contributed by atoms with E-state index >= 15 is 8.78 Å². The van der Waals surface area contributed by atoms with Gasteiger partial charge in [-0.2, -0.15) is 15.1 Å². The van der Waals surface area contributed by atoms with Crippen LogP contribution in [-0.4, -0.2) is 128 Å². The van der Waals surface area contributed by atoms with E-state index in [1.165, 1.54) is 24.4 Å². The molecule has 16 nitrogen and oxygen atoms in total. The lowest BCUT2D eigenvalue weighted by molar-refractivity contribution is -0.133. The van der Waals surface area contributed by atoms with Gasteiger partial charge in [0.1, 0.15) is 47.4 Å². The van der Waals surface area contributed by atoms with E-state index in [0.717, 1.165) is 62.4 Å². The molecule has 19 heteroatoms. The van der Waals surface area contributed by atoms with Crippen molar-refractivity contribution in [2.45, 2.75) is 95.6 Å². The zero-order valence-corrected chi connectivity index (χ0v) is 40.1. The smallest absolute Gasteiger partial charge is 0.319 e. The van der Waals surface area contributed by atoms with Crippen LogP contribution in [0.15, 0.2) is 60.8 Å². The summed E-state index contributed by atoms with van der Waals surface area (Å²) in [5.41, 5.74) is 3.09. The van der Waals surface area contributed by atoms with Crippen molar-refractivity contribution >= 4 is 56.6 Å². The van der Waals surface area contributed by atoms with Crippen LogP contribution in [0.2, 0.25) is 0 Å². The summed E-state index contributed by atoms with van der Waals surface area (Å²) >= 11 is 0. The molecule has 0 radical (unpaired) electrons. The number of aromatic nitrogens is 5. The van der Waals surface area contributed by atoms with Crippen LogP contribution in [0.4, 0.5) is 30.4 Å². The molecule has 374 valence electrons. The third kappa shape index (κ3) is 8.18. The fraction of sp³-hybridized carbons (Fsp3) is 0.453. The molecule has 72 heavy (non-hydrogen) atoms. The first-order valence-electron chi connectivity index (χ1n) is 25.2. The number of amides is 3. The van der Waals surface area contributed by atoms with Crippen molar-refractivity contribution < 1.29 is 37.4 Å². The number of hydrogen-bond donors (Lipinski definition) is 3. The Balaban J connectivity index is 0.776. The molecule has 3 amide bonds. The minimum atomic E-state index is -0.974. The summed E-state index contributed by atoms with van der Waals surface area (Å²) < 4.78 is 55.8. The number of piperidine rings is 2. The average Bonchev–Trinajstić information content (AvgIpc) is 4.00. The molecule has 0 saturated carbocycles. The van der Waals surface area contributed by atoms with Gasteiger partial charge in [-0.3, -0.25) is 34.3 Å². The lowest BCUT2D eigenvalue weighted by atomic mass is 9.71. The highest BCUT2D eigenvalue weighted by molar-refractivity contribution is 6.02. The summed E-state index contributed by atoms with van der Waals surface area (Å²) in [4.78, 5) is 60.5. The van der Waals surface area contributed by atoms with Gasteiger partial charge in [-0.25, -0.2) is 13.2 Å². The minimum Gasteiger partial charge on any atom is -0.508 e. The molecule has 6 aliphatic rings. The Morgan fingerprint density at radius 3 is 2.57 bits per heavy atom. The Kier molecular flexibility index (Phi) is 11.5. The molecule has 3 aromatic heterocycles. The molecule has 0 aliphatic carbocycles. The number of nitrogens with one attached hydrogen (secondary N) is 2. The van der Waals surface area contributed by atoms with Crippen molar-refractivity contribution in [1.29, 1.82) is 0 Å². The van der Waals surface area contributed by atoms with Crippen molar-refractivity contribution in [1.82, 2.24) is 39.8 Å². The summed E-state index contributed by atoms with van der Waals surface area (Å²) in [7, 11) is 0. The molecule has 12 rings (SSSR count). The van der Waals surface area contributed by atoms with Crippen LogP contribution in [0.5, 0.6) is 11.8 Å². The standard InChI is InChI=1S/C53H56F3N11O5/c1-2-37-40(55)10-5-31-21-36(68)23-38(44(31)37)46-45(56)47-39(25-57-46)48(61-51(60-47)72-30-53-13-3-17-66(53)26-32(54)24-53)64-16-4-18-67-35(27-64)22-42(62-67)50(71)63-19-14-52(15-20-63)28-65(29-52)34-8-6-33(7-9-34)58-41-11-12-43(69)59-49(41)70/h5-10,21-23,25,32,41,58,68H,2-4,11-20,24,26-30H2,1H3,(H,59,69,70)/t32-,41?,53+/m1/s1. The van der Waals surface area contributed by atoms with Crippen molar-refractivity contribution in [2.24, 2.45) is 5.41 Å². The number of benzene rings is 3. The first-order chi connectivity index (χ1) is 34.8. The number of ether oxygens (including phenoxy) is 1. The maximum atomic E-state index is 17.4. The van der Waals surface area contributed by atoms with Crippen LogP contribution < -0.4 is 25.2 Å². The third-order valence-electron chi connectivity index (χ3n) is 16.1. The van der Waals surface area contributed by atoms with Crippen LogP contribution in [0.3, 0.4) is 0 Å². The second kappa shape index (κ2) is 17.9. The number of phenols is 1. The molecular weight excluding hydrogens is 928 g/mol. The zero-order valence-electron chi connectivity index (χ0n) is 40.1. The largest absolute Gasteiger partial charge is 0.508 e. The third-order valence-corrected chi connectivity index (χ3v) is 16.1. The highest BCUT2D eigenvalue weighted by Gasteiger charge is 2.50. The van der Waals surface area contributed by atoms with Gasteiger partial charge < -0.3 is 29.9 Å². The van der Waals surface area contributed by atoms with Gasteiger partial charge in [-0.1, -0.05) is 13.0 Å². The molecule has 0 bridgehead atoms. The number of phenolic OH excluding ortho intramolecular Hbond substituents is 1. The van der Waals surface area contributed by atoms with Crippen molar-refractivity contribution in [3.05, 3.63) is 89.4 Å². The molecule has 5 fully saturated rings. The summed E-state index contributed by atoms with van der Waals surface area (Å²) in [6.45, 7) is 7.40. The number of halogens is 3. The van der Waals surface area contributed by atoms with Crippen LogP contribution in [0.1, 0.15) is 80.0 Å². The number of imide groups is 1. The highest BCUT2D eigenvalue weighted by Crippen LogP contribution is 2.45. The number of hydrogen-bond acceptors (Lipinski definition) is 13. The predicted molar refractivity (Wildman–Crippen MR) is 264 cm³/mol. The molecular formula is C53H56F3N11O5. The lowest BCUT2D eigenvalue weighted by Crippen LogP contribution is -2.61. The fourth-order valence-corrected chi connectivity index (χ4v) is 12.4. The molecule has 3 aromatic carbocycles. The number of pyridine rings is 1. The number of likely N-dealkylation sites (tertiary alicyclic amines) is 1. The lowest BCUT2D eigenvalue weighted by Gasteiger charge is -2.55. The van der Waals surface area contributed by atoms with E-state index in [9.17, 15) is 23.9 Å². The topological polar surface area (TPSA) is 174 Å². The molecule has 3 N–H and O–H groups in total. The number of aromatic hydroxyl groups is 1. The van der Waals surface area contributed by atoms with E-state index in [4.69, 9.17) is 14.8 Å². The molecule has 6 aliphatic heterocycles. The maximum Gasteiger partial charge on any atom is 0.319 e. The monoisotopic (exact) mass is 983 g/mol. The van der Waals surface area contributed by atoms with E-state index in [1.54, 1.807) is 6.07 Å². The number of carbonyl (C=O) groups excluding carboxylic acids is 3. The van der Waals surface area contributed by atoms with Gasteiger partial charge in [0.2, 0.25) is 11.8 Å². The number of nitrogens with zero attached hydrogens (tertiary/aromatic N) is 9. The molecule has 6 aromatic rings. The van der Waals surface area contributed by atoms with Gasteiger partial charge in [0.15, 0.2) is 11.5 Å². The quantitative estimate of drug-likeness (QED) is 0.121. The Morgan fingerprint density at radius 1 is 0.958 bits per heavy atom. The van der Waals surface area contributed by atoms with Gasteiger partial charge in [-0.15, -0.1) is 0 Å². The predicted octanol–water partition coefficient (Wildman–Crippen LogP) is 6.91. The molecule has 9 heterocycles. The van der Waals surface area contributed by atoms with E-state index in [0.29, 0.717) is 105 Å². The Bertz CT molecular complexity index is 3150. The SMILES string of the molecule is CCc1c(F)ccc2cc(O)cc(-c3ncc4c(N5CCCn6nc(C(=O)N7CCC8(CC7)CN(c7ccc(NC9CCC(=O)NC9=O)cc7)C8)cc6C5)nc(OC[C@@]56CCCN5C[C@H](F)C6)nc4c3F)c12. The Morgan fingerprint density at radius 2 is 1.78 bits per heavy atom. The van der Waals surface area contributed by atoms with Crippen molar-refractivity contribution in [3.63, 3.8) is 0 Å². The second-order valence-electron chi connectivity index (χ2n) is 20.7. The number of aryl methyl sites for hydroxylation is 2. The van der Waals surface area contributed by atoms with E-state index in [-0.39, 0.29) is 58.3 Å². The summed E-state index contributed by atoms with van der Waals surface area (Å²) in [5.74, 6) is -1.64. The van der Waals surface area contributed by atoms with E-state index in [1.807, 2.05) is 51.7 Å². The molecule has 5 saturated heterocycles. The summed E-state index contributed by atoms with van der Waals surface area (Å²) in [6.07, 6.45) is 6.02. The molecule has 1 spiro atoms. The second-order valence-corrected chi connectivity index (χ2v) is 20.7. The number of anilines is 3. The van der Waals surface area contributed by atoms with Crippen molar-refractivity contribution in [3.8, 4) is 23.0 Å². The number of alkyl halides is 1. The van der Waals surface area contributed by atoms with E-state index < -0.39 is 29.4 Å². The average molecular weight is 984 g/mol. The highest BCUT2D eigenvalue weighted by atomic mass is 19.1. The minimum absolute atomic E-state index is 0.0650. The van der Waals surface area contributed by atoms with Gasteiger partial charge in [0, 0.05) is 87.2 Å².